The van der Waals surface area contributed by atoms with E-state index in [9.17, 15) is 9.18 Å². The van der Waals surface area contributed by atoms with Gasteiger partial charge in [-0.2, -0.15) is 0 Å². The van der Waals surface area contributed by atoms with Gasteiger partial charge in [0.05, 0.1) is 6.42 Å². The highest BCUT2D eigenvalue weighted by molar-refractivity contribution is 5.88. The fourth-order valence-electron chi connectivity index (χ4n) is 2.29. The van der Waals surface area contributed by atoms with Crippen molar-refractivity contribution in [3.8, 4) is 0 Å². The number of amides is 1. The first-order valence-corrected chi connectivity index (χ1v) is 7.76. The highest BCUT2D eigenvalue weighted by atomic mass is 19.1. The molecule has 0 unspecified atom stereocenters. The van der Waals surface area contributed by atoms with Crippen LogP contribution in [0.5, 0.6) is 0 Å². The molecule has 1 aromatic heterocycles. The van der Waals surface area contributed by atoms with E-state index in [4.69, 9.17) is 4.42 Å². The van der Waals surface area contributed by atoms with Crippen molar-refractivity contribution in [2.45, 2.75) is 19.9 Å². The lowest BCUT2D eigenvalue weighted by molar-refractivity contribution is -0.114. The number of nitrogens with one attached hydrogen (secondary N) is 2. The molecule has 1 heterocycles. The van der Waals surface area contributed by atoms with Crippen LogP contribution in [0.1, 0.15) is 23.9 Å². The van der Waals surface area contributed by atoms with E-state index in [0.29, 0.717) is 18.0 Å². The van der Waals surface area contributed by atoms with Crippen LogP contribution in [0.25, 0.3) is 0 Å². The molecule has 0 saturated heterocycles. The van der Waals surface area contributed by atoms with Gasteiger partial charge in [-0.3, -0.25) is 4.79 Å². The molecule has 0 fully saturated rings. The van der Waals surface area contributed by atoms with Crippen LogP contribution in [0.4, 0.5) is 16.1 Å². The monoisotopic (exact) mass is 340 g/mol. The molecule has 0 spiro atoms. The van der Waals surface area contributed by atoms with Gasteiger partial charge in [0.2, 0.25) is 11.8 Å². The Hall–Kier alpha value is -3.22. The van der Waals surface area contributed by atoms with E-state index in [2.05, 4.69) is 20.8 Å². The molecule has 2 aromatic carbocycles. The van der Waals surface area contributed by atoms with Crippen molar-refractivity contribution in [2.24, 2.45) is 0 Å². The highest BCUT2D eigenvalue weighted by Crippen LogP contribution is 2.15. The van der Waals surface area contributed by atoms with E-state index in [-0.39, 0.29) is 24.2 Å². The summed E-state index contributed by atoms with van der Waals surface area (Å²) >= 11 is 0. The van der Waals surface area contributed by atoms with E-state index in [1.807, 2.05) is 24.3 Å². The van der Waals surface area contributed by atoms with E-state index >= 15 is 0 Å². The number of carbonyl (C=O) groups excluding carboxylic acids is 1. The minimum Gasteiger partial charge on any atom is -0.408 e. The first-order valence-electron chi connectivity index (χ1n) is 7.76. The van der Waals surface area contributed by atoms with Crippen LogP contribution in [0, 0.1) is 5.82 Å². The summed E-state index contributed by atoms with van der Waals surface area (Å²) in [6.07, 6.45) is 0.243. The summed E-state index contributed by atoms with van der Waals surface area (Å²) in [5.74, 6) is -0.0674. The minimum atomic E-state index is -0.297. The number of rotatable bonds is 6. The summed E-state index contributed by atoms with van der Waals surface area (Å²) < 4.78 is 19.1. The van der Waals surface area contributed by atoms with Gasteiger partial charge < -0.3 is 15.1 Å². The highest BCUT2D eigenvalue weighted by Gasteiger charge is 2.09. The van der Waals surface area contributed by atoms with Crippen molar-refractivity contribution in [1.29, 1.82) is 0 Å². The quantitative estimate of drug-likeness (QED) is 0.719. The standard InChI is InChI=1S/C18H17FN4O2/c1-12(24)21-15-8-6-13(7-9-15)11-20-18-23-22-17(25-18)10-14-4-2-3-5-16(14)19/h2-9H,10-11H2,1H3,(H,20,23)(H,21,24). The second kappa shape index (κ2) is 7.57. The van der Waals surface area contributed by atoms with Crippen molar-refractivity contribution >= 4 is 17.6 Å². The topological polar surface area (TPSA) is 80.0 Å². The number of nitrogens with zero attached hydrogens (tertiary/aromatic N) is 2. The minimum absolute atomic E-state index is 0.112. The Morgan fingerprint density at radius 3 is 2.60 bits per heavy atom. The molecule has 6 nitrogen and oxygen atoms in total. The van der Waals surface area contributed by atoms with E-state index in [1.165, 1.54) is 13.0 Å². The van der Waals surface area contributed by atoms with E-state index < -0.39 is 0 Å². The first kappa shape index (κ1) is 16.6. The van der Waals surface area contributed by atoms with Crippen molar-refractivity contribution < 1.29 is 13.6 Å². The molecule has 0 radical (unpaired) electrons. The average molecular weight is 340 g/mol. The van der Waals surface area contributed by atoms with Crippen molar-refractivity contribution in [3.63, 3.8) is 0 Å². The zero-order valence-corrected chi connectivity index (χ0v) is 13.6. The maximum absolute atomic E-state index is 13.6. The van der Waals surface area contributed by atoms with E-state index in [1.54, 1.807) is 18.2 Å². The Bertz CT molecular complexity index is 862. The van der Waals surface area contributed by atoms with Crippen LogP contribution >= 0.6 is 0 Å². The van der Waals surface area contributed by atoms with Crippen molar-refractivity contribution in [2.75, 3.05) is 10.6 Å². The molecule has 1 amide bonds. The lowest BCUT2D eigenvalue weighted by Crippen LogP contribution is -2.06. The molecule has 7 heteroatoms. The number of hydrogen-bond acceptors (Lipinski definition) is 5. The molecule has 3 aromatic rings. The van der Waals surface area contributed by atoms with Crippen LogP contribution in [0.3, 0.4) is 0 Å². The van der Waals surface area contributed by atoms with Gasteiger partial charge in [0.1, 0.15) is 5.82 Å². The Morgan fingerprint density at radius 2 is 1.88 bits per heavy atom. The molecule has 2 N–H and O–H groups in total. The van der Waals surface area contributed by atoms with Gasteiger partial charge in [-0.25, -0.2) is 4.39 Å². The van der Waals surface area contributed by atoms with Gasteiger partial charge in [-0.05, 0) is 29.3 Å². The molecule has 0 aliphatic rings. The van der Waals surface area contributed by atoms with Crippen molar-refractivity contribution in [3.05, 3.63) is 71.4 Å². The summed E-state index contributed by atoms with van der Waals surface area (Å²) in [6.45, 7) is 1.95. The van der Waals surface area contributed by atoms with Crippen LogP contribution in [-0.2, 0) is 17.8 Å². The zero-order chi connectivity index (χ0) is 17.6. The summed E-state index contributed by atoms with van der Waals surface area (Å²) in [5.41, 5.74) is 2.23. The van der Waals surface area contributed by atoms with Crippen LogP contribution < -0.4 is 10.6 Å². The summed E-state index contributed by atoms with van der Waals surface area (Å²) in [6, 6.07) is 14.2. The summed E-state index contributed by atoms with van der Waals surface area (Å²) in [7, 11) is 0. The number of aromatic nitrogens is 2. The summed E-state index contributed by atoms with van der Waals surface area (Å²) in [5, 5.41) is 13.6. The van der Waals surface area contributed by atoms with Gasteiger partial charge in [0, 0.05) is 19.2 Å². The zero-order valence-electron chi connectivity index (χ0n) is 13.6. The third-order valence-electron chi connectivity index (χ3n) is 3.48. The normalized spacial score (nSPS) is 10.5. The third kappa shape index (κ3) is 4.63. The molecule has 0 bridgehead atoms. The fraction of sp³-hybridized carbons (Fsp3) is 0.167. The van der Waals surface area contributed by atoms with Gasteiger partial charge in [0.25, 0.3) is 0 Å². The molecule has 0 atom stereocenters. The van der Waals surface area contributed by atoms with Gasteiger partial charge in [-0.15, -0.1) is 5.10 Å². The molecule has 128 valence electrons. The third-order valence-corrected chi connectivity index (χ3v) is 3.48. The second-order valence-electron chi connectivity index (χ2n) is 5.50. The molecule has 0 saturated carbocycles. The molecular formula is C18H17FN4O2. The van der Waals surface area contributed by atoms with Crippen LogP contribution in [0.2, 0.25) is 0 Å². The lowest BCUT2D eigenvalue weighted by Gasteiger charge is -2.05. The maximum Gasteiger partial charge on any atom is 0.315 e. The Morgan fingerprint density at radius 1 is 1.12 bits per heavy atom. The Balaban J connectivity index is 1.56. The molecule has 25 heavy (non-hydrogen) atoms. The second-order valence-corrected chi connectivity index (χ2v) is 5.50. The molecule has 0 aliphatic carbocycles. The number of halogens is 1. The SMILES string of the molecule is CC(=O)Nc1ccc(CNc2nnc(Cc3ccccc3F)o2)cc1. The molecular weight excluding hydrogens is 323 g/mol. The number of anilines is 2. The lowest BCUT2D eigenvalue weighted by atomic mass is 10.1. The Labute approximate surface area is 144 Å². The van der Waals surface area contributed by atoms with Crippen LogP contribution in [0.15, 0.2) is 52.9 Å². The van der Waals surface area contributed by atoms with Gasteiger partial charge >= 0.3 is 6.01 Å². The first-order chi connectivity index (χ1) is 12.1. The average Bonchev–Trinajstić information content (AvgIpc) is 3.03. The molecule has 3 rings (SSSR count). The maximum atomic E-state index is 13.6. The fourth-order valence-corrected chi connectivity index (χ4v) is 2.29. The smallest absolute Gasteiger partial charge is 0.315 e. The predicted octanol–water partition coefficient (Wildman–Crippen LogP) is 3.37. The van der Waals surface area contributed by atoms with Crippen molar-refractivity contribution in [1.82, 2.24) is 10.2 Å². The van der Waals surface area contributed by atoms with E-state index in [0.717, 1.165) is 11.3 Å². The summed E-state index contributed by atoms with van der Waals surface area (Å²) in [4.78, 5) is 11.0. The molecule has 0 aliphatic heterocycles. The largest absolute Gasteiger partial charge is 0.408 e. The number of benzene rings is 2. The number of hydrogen-bond donors (Lipinski definition) is 2. The van der Waals surface area contributed by atoms with Gasteiger partial charge in [0.15, 0.2) is 0 Å². The Kier molecular flexibility index (Phi) is 5.03. The van der Waals surface area contributed by atoms with Gasteiger partial charge in [-0.1, -0.05) is 35.4 Å². The predicted molar refractivity (Wildman–Crippen MR) is 91.6 cm³/mol. The van der Waals surface area contributed by atoms with Crippen LogP contribution in [-0.4, -0.2) is 16.1 Å². The number of carbonyl (C=O) groups is 1.